The van der Waals surface area contributed by atoms with Gasteiger partial charge < -0.3 is 5.11 Å². The minimum Gasteiger partial charge on any atom is -0.481 e. The number of aliphatic carboxylic acids is 1. The van der Waals surface area contributed by atoms with Crippen molar-refractivity contribution in [2.24, 2.45) is 5.92 Å². The number of nitro groups is 1. The van der Waals surface area contributed by atoms with Gasteiger partial charge in [-0.2, -0.15) is 0 Å². The van der Waals surface area contributed by atoms with E-state index in [0.29, 0.717) is 0 Å². The van der Waals surface area contributed by atoms with Crippen molar-refractivity contribution in [3.05, 3.63) is 10.1 Å². The summed E-state index contributed by atoms with van der Waals surface area (Å²) >= 11 is 0. The first-order valence-electron chi connectivity index (χ1n) is 2.49. The Balaban J connectivity index is 2.42. The van der Waals surface area contributed by atoms with Crippen molar-refractivity contribution in [3.63, 3.8) is 0 Å². The number of rotatable bonds is 2. The summed E-state index contributed by atoms with van der Waals surface area (Å²) in [6.45, 7) is 0. The van der Waals surface area contributed by atoms with Gasteiger partial charge in [-0.1, -0.05) is 0 Å². The SMILES string of the molecule is O=C(O)C1CC1[N+](=O)[O-]. The molecule has 5 heteroatoms. The molecule has 0 bridgehead atoms. The van der Waals surface area contributed by atoms with E-state index < -0.39 is 22.9 Å². The van der Waals surface area contributed by atoms with Crippen molar-refractivity contribution in [2.75, 3.05) is 0 Å². The zero-order valence-electron chi connectivity index (χ0n) is 4.48. The lowest BCUT2D eigenvalue weighted by atomic mass is 10.4. The lowest BCUT2D eigenvalue weighted by Gasteiger charge is -1.83. The van der Waals surface area contributed by atoms with Crippen LogP contribution in [-0.4, -0.2) is 22.0 Å². The third-order valence-corrected chi connectivity index (χ3v) is 1.34. The molecule has 1 rings (SSSR count). The van der Waals surface area contributed by atoms with Gasteiger partial charge in [0.25, 0.3) is 0 Å². The van der Waals surface area contributed by atoms with Gasteiger partial charge >= 0.3 is 5.97 Å². The van der Waals surface area contributed by atoms with Crippen LogP contribution in [0.4, 0.5) is 0 Å². The van der Waals surface area contributed by atoms with Crippen LogP contribution in [0.25, 0.3) is 0 Å². The van der Waals surface area contributed by atoms with E-state index in [1.165, 1.54) is 0 Å². The molecule has 2 unspecified atom stereocenters. The van der Waals surface area contributed by atoms with Crippen molar-refractivity contribution in [3.8, 4) is 0 Å². The number of hydrogen-bond acceptors (Lipinski definition) is 3. The summed E-state index contributed by atoms with van der Waals surface area (Å²) in [4.78, 5) is 19.2. The molecule has 0 aliphatic heterocycles. The maximum atomic E-state index is 9.97. The van der Waals surface area contributed by atoms with Gasteiger partial charge in [0.1, 0.15) is 5.92 Å². The third-order valence-electron chi connectivity index (χ3n) is 1.34. The summed E-state index contributed by atoms with van der Waals surface area (Å²) in [7, 11) is 0. The van der Waals surface area contributed by atoms with Crippen molar-refractivity contribution >= 4 is 5.97 Å². The molecule has 5 nitrogen and oxygen atoms in total. The fourth-order valence-corrected chi connectivity index (χ4v) is 0.680. The highest BCUT2D eigenvalue weighted by atomic mass is 16.6. The number of carboxylic acid groups (broad SMARTS) is 1. The molecule has 1 saturated carbocycles. The lowest BCUT2D eigenvalue weighted by Crippen LogP contribution is -2.09. The van der Waals surface area contributed by atoms with E-state index in [1.54, 1.807) is 0 Å². The number of carbonyl (C=O) groups is 1. The number of carboxylic acids is 1. The van der Waals surface area contributed by atoms with E-state index in [1.807, 2.05) is 0 Å². The van der Waals surface area contributed by atoms with Crippen LogP contribution in [0.15, 0.2) is 0 Å². The van der Waals surface area contributed by atoms with Crippen LogP contribution in [0.1, 0.15) is 6.42 Å². The largest absolute Gasteiger partial charge is 0.481 e. The Hall–Kier alpha value is -1.13. The zero-order chi connectivity index (χ0) is 7.02. The molecule has 0 aromatic rings. The molecule has 2 atom stereocenters. The quantitative estimate of drug-likeness (QED) is 0.413. The van der Waals surface area contributed by atoms with Gasteiger partial charge in [-0.15, -0.1) is 0 Å². The summed E-state index contributed by atoms with van der Waals surface area (Å²) in [6, 6.07) is -0.817. The number of hydrogen-bond donors (Lipinski definition) is 1. The summed E-state index contributed by atoms with van der Waals surface area (Å²) in [5, 5.41) is 18.0. The molecule has 0 amide bonds. The second-order valence-electron chi connectivity index (χ2n) is 2.03. The standard InChI is InChI=1S/C4H5NO4/c6-4(7)2-1-3(2)5(8)9/h2-3H,1H2,(H,6,7). The Kier molecular flexibility index (Phi) is 1.12. The molecule has 0 aromatic heterocycles. The van der Waals surface area contributed by atoms with Gasteiger partial charge in [0, 0.05) is 11.3 Å². The van der Waals surface area contributed by atoms with E-state index in [9.17, 15) is 14.9 Å². The van der Waals surface area contributed by atoms with Crippen LogP contribution in [-0.2, 0) is 4.79 Å². The van der Waals surface area contributed by atoms with Crippen LogP contribution >= 0.6 is 0 Å². The topological polar surface area (TPSA) is 80.4 Å². The minimum atomic E-state index is -1.06. The molecule has 50 valence electrons. The molecule has 1 aliphatic carbocycles. The van der Waals surface area contributed by atoms with Crippen LogP contribution in [0.5, 0.6) is 0 Å². The van der Waals surface area contributed by atoms with Crippen LogP contribution in [0.3, 0.4) is 0 Å². The highest BCUT2D eigenvalue weighted by Gasteiger charge is 2.53. The fourth-order valence-electron chi connectivity index (χ4n) is 0.680. The van der Waals surface area contributed by atoms with Gasteiger partial charge in [-0.25, -0.2) is 0 Å². The Morgan fingerprint density at radius 3 is 2.44 bits per heavy atom. The summed E-state index contributed by atoms with van der Waals surface area (Å²) in [6.07, 6.45) is 0.197. The van der Waals surface area contributed by atoms with E-state index in [-0.39, 0.29) is 6.42 Å². The average molecular weight is 131 g/mol. The van der Waals surface area contributed by atoms with Crippen molar-refractivity contribution in [1.29, 1.82) is 0 Å². The molecule has 0 spiro atoms. The minimum absolute atomic E-state index is 0.197. The third kappa shape index (κ3) is 0.984. The molecule has 9 heavy (non-hydrogen) atoms. The monoisotopic (exact) mass is 131 g/mol. The molecular formula is C4H5NO4. The fraction of sp³-hybridized carbons (Fsp3) is 0.750. The molecular weight excluding hydrogens is 126 g/mol. The summed E-state index contributed by atoms with van der Waals surface area (Å²) < 4.78 is 0. The Labute approximate surface area is 50.4 Å². The first-order valence-corrected chi connectivity index (χ1v) is 2.49. The molecule has 0 saturated heterocycles. The van der Waals surface area contributed by atoms with Gasteiger partial charge in [0.2, 0.25) is 6.04 Å². The highest BCUT2D eigenvalue weighted by Crippen LogP contribution is 2.32. The predicted octanol–water partition coefficient (Wildman–Crippen LogP) is -0.264. The molecule has 1 N–H and O–H groups in total. The summed E-state index contributed by atoms with van der Waals surface area (Å²) in [5.41, 5.74) is 0. The molecule has 0 radical (unpaired) electrons. The number of nitrogens with zero attached hydrogens (tertiary/aromatic N) is 1. The predicted molar refractivity (Wildman–Crippen MR) is 26.5 cm³/mol. The first kappa shape index (κ1) is 6.00. The second kappa shape index (κ2) is 1.68. The summed E-state index contributed by atoms with van der Waals surface area (Å²) in [5.74, 6) is -1.78. The first-order chi connectivity index (χ1) is 4.13. The Bertz CT molecular complexity index is 148. The van der Waals surface area contributed by atoms with Gasteiger partial charge in [0.15, 0.2) is 0 Å². The lowest BCUT2D eigenvalue weighted by molar-refractivity contribution is -0.497. The van der Waals surface area contributed by atoms with Gasteiger partial charge in [0.05, 0.1) is 0 Å². The second-order valence-corrected chi connectivity index (χ2v) is 2.03. The van der Waals surface area contributed by atoms with Crippen molar-refractivity contribution < 1.29 is 14.8 Å². The maximum absolute atomic E-state index is 9.97. The van der Waals surface area contributed by atoms with Crippen LogP contribution in [0.2, 0.25) is 0 Å². The molecule has 0 heterocycles. The smallest absolute Gasteiger partial charge is 0.313 e. The van der Waals surface area contributed by atoms with Crippen LogP contribution < -0.4 is 0 Å². The zero-order valence-corrected chi connectivity index (χ0v) is 4.48. The van der Waals surface area contributed by atoms with E-state index in [2.05, 4.69) is 0 Å². The van der Waals surface area contributed by atoms with E-state index in [0.717, 1.165) is 0 Å². The molecule has 1 fully saturated rings. The average Bonchev–Trinajstić information content (AvgIpc) is 2.39. The molecule has 1 aliphatic rings. The van der Waals surface area contributed by atoms with E-state index in [4.69, 9.17) is 5.11 Å². The van der Waals surface area contributed by atoms with Crippen molar-refractivity contribution in [1.82, 2.24) is 0 Å². The van der Waals surface area contributed by atoms with Crippen molar-refractivity contribution in [2.45, 2.75) is 12.5 Å². The molecule has 0 aromatic carbocycles. The van der Waals surface area contributed by atoms with E-state index >= 15 is 0 Å². The maximum Gasteiger partial charge on any atom is 0.313 e. The highest BCUT2D eigenvalue weighted by molar-refractivity contribution is 5.73. The Morgan fingerprint density at radius 1 is 1.78 bits per heavy atom. The van der Waals surface area contributed by atoms with Crippen LogP contribution in [0, 0.1) is 16.0 Å². The normalized spacial score (nSPS) is 31.6. The Morgan fingerprint density at radius 2 is 2.33 bits per heavy atom. The van der Waals surface area contributed by atoms with Gasteiger partial charge in [-0.3, -0.25) is 14.9 Å². The van der Waals surface area contributed by atoms with Gasteiger partial charge in [-0.05, 0) is 0 Å².